The van der Waals surface area contributed by atoms with E-state index in [9.17, 15) is 18.1 Å². The third-order valence-electron chi connectivity index (χ3n) is 4.70. The zero-order chi connectivity index (χ0) is 20.4. The highest BCUT2D eigenvalue weighted by atomic mass is 32.2. The molecule has 0 radical (unpaired) electrons. The molecule has 6 heteroatoms. The topological polar surface area (TPSA) is 83.8 Å². The molecule has 0 aliphatic rings. The van der Waals surface area contributed by atoms with Crippen LogP contribution in [-0.2, 0) is 16.5 Å². The highest BCUT2D eigenvalue weighted by molar-refractivity contribution is 7.86. The first kappa shape index (κ1) is 22.2. The van der Waals surface area contributed by atoms with Gasteiger partial charge in [-0.05, 0) is 36.6 Å². The number of hydrogen-bond acceptors (Lipinski definition) is 4. The smallest absolute Gasteiger partial charge is 0.298 e. The van der Waals surface area contributed by atoms with Crippen LogP contribution in [0.3, 0.4) is 0 Å². The standard InChI is InChI=1S/C22H30O5S/c1-2-3-4-5-6-7-8-9-12-18-13-10-11-14-20(18)27-21-17-19(23)15-16-22(21)28(24,25)26/h10-11,13-17,23H,2-9,12H2,1H3,(H,24,25,26). The molecular formula is C22H30O5S. The molecule has 0 spiro atoms. The van der Waals surface area contributed by atoms with Crippen molar-refractivity contribution < 1.29 is 22.8 Å². The first-order valence-corrected chi connectivity index (χ1v) is 11.4. The van der Waals surface area contributed by atoms with Gasteiger partial charge in [0.2, 0.25) is 0 Å². The van der Waals surface area contributed by atoms with Crippen molar-refractivity contribution in [3.63, 3.8) is 0 Å². The molecule has 2 aromatic carbocycles. The van der Waals surface area contributed by atoms with Gasteiger partial charge in [-0.25, -0.2) is 0 Å². The molecule has 0 heterocycles. The molecule has 2 N–H and O–H groups in total. The molecule has 2 rings (SSSR count). The molecule has 0 bridgehead atoms. The van der Waals surface area contributed by atoms with Gasteiger partial charge in [-0.3, -0.25) is 4.55 Å². The van der Waals surface area contributed by atoms with Crippen molar-refractivity contribution in [2.24, 2.45) is 0 Å². The van der Waals surface area contributed by atoms with E-state index in [0.717, 1.165) is 30.9 Å². The van der Waals surface area contributed by atoms with Crippen molar-refractivity contribution in [3.05, 3.63) is 48.0 Å². The third kappa shape index (κ3) is 7.17. The second-order valence-corrected chi connectivity index (χ2v) is 8.43. The summed E-state index contributed by atoms with van der Waals surface area (Å²) in [5, 5.41) is 9.67. The van der Waals surface area contributed by atoms with E-state index in [1.54, 1.807) is 6.07 Å². The molecule has 0 saturated carbocycles. The van der Waals surface area contributed by atoms with Crippen LogP contribution in [0.4, 0.5) is 0 Å². The Hall–Kier alpha value is -2.05. The molecule has 0 saturated heterocycles. The van der Waals surface area contributed by atoms with E-state index in [-0.39, 0.29) is 16.4 Å². The molecule has 0 fully saturated rings. The van der Waals surface area contributed by atoms with E-state index in [4.69, 9.17) is 4.74 Å². The summed E-state index contributed by atoms with van der Waals surface area (Å²) >= 11 is 0. The van der Waals surface area contributed by atoms with Gasteiger partial charge in [0, 0.05) is 6.07 Å². The van der Waals surface area contributed by atoms with Gasteiger partial charge >= 0.3 is 0 Å². The SMILES string of the molecule is CCCCCCCCCCc1ccccc1Oc1cc(O)ccc1S(=O)(=O)O. The molecule has 28 heavy (non-hydrogen) atoms. The summed E-state index contributed by atoms with van der Waals surface area (Å²) in [6.45, 7) is 2.22. The van der Waals surface area contributed by atoms with Crippen molar-refractivity contribution in [3.8, 4) is 17.2 Å². The molecule has 5 nitrogen and oxygen atoms in total. The molecule has 0 atom stereocenters. The summed E-state index contributed by atoms with van der Waals surface area (Å²) in [4.78, 5) is -0.368. The van der Waals surface area contributed by atoms with Crippen LogP contribution in [0.5, 0.6) is 17.2 Å². The van der Waals surface area contributed by atoms with E-state index in [2.05, 4.69) is 6.92 Å². The average Bonchev–Trinajstić information content (AvgIpc) is 2.64. The van der Waals surface area contributed by atoms with Gasteiger partial charge in [-0.15, -0.1) is 0 Å². The van der Waals surface area contributed by atoms with Gasteiger partial charge in [-0.2, -0.15) is 8.42 Å². The van der Waals surface area contributed by atoms with Gasteiger partial charge in [0.1, 0.15) is 16.4 Å². The van der Waals surface area contributed by atoms with Crippen LogP contribution < -0.4 is 4.74 Å². The quantitative estimate of drug-likeness (QED) is 0.328. The van der Waals surface area contributed by atoms with Gasteiger partial charge in [0.15, 0.2) is 5.75 Å². The van der Waals surface area contributed by atoms with Crippen molar-refractivity contribution in [2.75, 3.05) is 0 Å². The molecule has 0 aliphatic carbocycles. The largest absolute Gasteiger partial charge is 0.508 e. The number of aryl methyl sites for hydroxylation is 1. The minimum Gasteiger partial charge on any atom is -0.508 e. The van der Waals surface area contributed by atoms with E-state index in [1.165, 1.54) is 50.7 Å². The Balaban J connectivity index is 1.99. The summed E-state index contributed by atoms with van der Waals surface area (Å²) in [6, 6.07) is 11.0. The van der Waals surface area contributed by atoms with Crippen LogP contribution in [-0.4, -0.2) is 18.1 Å². The van der Waals surface area contributed by atoms with E-state index >= 15 is 0 Å². The number of phenolic OH excluding ortho intramolecular Hbond substituents is 1. The molecule has 2 aromatic rings. The van der Waals surface area contributed by atoms with E-state index in [1.807, 2.05) is 18.2 Å². The fourth-order valence-corrected chi connectivity index (χ4v) is 3.76. The minimum absolute atomic E-state index is 0.0918. The van der Waals surface area contributed by atoms with Crippen LogP contribution in [0, 0.1) is 0 Å². The second-order valence-electron chi connectivity index (χ2n) is 7.04. The number of hydrogen-bond donors (Lipinski definition) is 2. The average molecular weight is 407 g/mol. The minimum atomic E-state index is -4.45. The number of para-hydroxylation sites is 1. The lowest BCUT2D eigenvalue weighted by atomic mass is 10.0. The number of rotatable bonds is 12. The van der Waals surface area contributed by atoms with Crippen molar-refractivity contribution in [1.29, 1.82) is 0 Å². The van der Waals surface area contributed by atoms with Gasteiger partial charge in [-0.1, -0.05) is 70.1 Å². The molecule has 0 aliphatic heterocycles. The van der Waals surface area contributed by atoms with Crippen LogP contribution in [0.15, 0.2) is 47.4 Å². The summed E-state index contributed by atoms with van der Waals surface area (Å²) in [6.07, 6.45) is 10.6. The number of benzene rings is 2. The maximum absolute atomic E-state index is 11.6. The monoisotopic (exact) mass is 406 g/mol. The molecule has 0 unspecified atom stereocenters. The summed E-state index contributed by atoms with van der Waals surface area (Å²) in [5.74, 6) is 0.301. The van der Waals surface area contributed by atoms with Gasteiger partial charge in [0.05, 0.1) is 0 Å². The Morgan fingerprint density at radius 3 is 2.18 bits per heavy atom. The normalized spacial score (nSPS) is 11.5. The molecular weight excluding hydrogens is 376 g/mol. The lowest BCUT2D eigenvalue weighted by molar-refractivity contribution is 0.433. The van der Waals surface area contributed by atoms with E-state index in [0.29, 0.717) is 5.75 Å². The van der Waals surface area contributed by atoms with Crippen molar-refractivity contribution in [2.45, 2.75) is 69.6 Å². The number of phenols is 1. The van der Waals surface area contributed by atoms with Crippen LogP contribution in [0.2, 0.25) is 0 Å². The van der Waals surface area contributed by atoms with Crippen molar-refractivity contribution in [1.82, 2.24) is 0 Å². The summed E-state index contributed by atoms with van der Waals surface area (Å²) < 4.78 is 38.3. The first-order valence-electron chi connectivity index (χ1n) is 9.98. The van der Waals surface area contributed by atoms with Crippen LogP contribution in [0.25, 0.3) is 0 Å². The Morgan fingerprint density at radius 2 is 1.50 bits per heavy atom. The van der Waals surface area contributed by atoms with Crippen molar-refractivity contribution >= 4 is 10.1 Å². The molecule has 0 aromatic heterocycles. The highest BCUT2D eigenvalue weighted by Gasteiger charge is 2.18. The number of unbranched alkanes of at least 4 members (excludes halogenated alkanes) is 7. The molecule has 0 amide bonds. The Bertz CT molecular complexity index is 846. The summed E-state index contributed by atoms with van der Waals surface area (Å²) in [7, 11) is -4.45. The second kappa shape index (κ2) is 11.1. The maximum atomic E-state index is 11.6. The lowest BCUT2D eigenvalue weighted by Gasteiger charge is -2.13. The van der Waals surface area contributed by atoms with Gasteiger partial charge in [0.25, 0.3) is 10.1 Å². The Morgan fingerprint density at radius 1 is 0.857 bits per heavy atom. The fourth-order valence-electron chi connectivity index (χ4n) is 3.17. The third-order valence-corrected chi connectivity index (χ3v) is 5.59. The highest BCUT2D eigenvalue weighted by Crippen LogP contribution is 2.34. The van der Waals surface area contributed by atoms with Crippen LogP contribution in [0.1, 0.15) is 63.9 Å². The zero-order valence-corrected chi connectivity index (χ0v) is 17.2. The Labute approximate surface area is 168 Å². The predicted molar refractivity (Wildman–Crippen MR) is 111 cm³/mol. The van der Waals surface area contributed by atoms with E-state index < -0.39 is 10.1 Å². The number of ether oxygens (including phenoxy) is 1. The van der Waals surface area contributed by atoms with Crippen LogP contribution >= 0.6 is 0 Å². The first-order chi connectivity index (χ1) is 13.4. The maximum Gasteiger partial charge on any atom is 0.298 e. The molecule has 154 valence electrons. The Kier molecular flexibility index (Phi) is 8.80. The number of aromatic hydroxyl groups is 1. The fraction of sp³-hybridized carbons (Fsp3) is 0.455. The lowest BCUT2D eigenvalue weighted by Crippen LogP contribution is -2.02. The zero-order valence-electron chi connectivity index (χ0n) is 16.4. The predicted octanol–water partition coefficient (Wildman–Crippen LogP) is 6.11. The summed E-state index contributed by atoms with van der Waals surface area (Å²) in [5.41, 5.74) is 0.970. The van der Waals surface area contributed by atoms with Gasteiger partial charge < -0.3 is 9.84 Å².